The van der Waals surface area contributed by atoms with Crippen molar-refractivity contribution in [2.75, 3.05) is 13.1 Å². The molecule has 1 amide bonds. The molecular formula is C11H20N2O3. The van der Waals surface area contributed by atoms with E-state index in [2.05, 4.69) is 10.6 Å². The third-order valence-corrected chi connectivity index (χ3v) is 3.06. The topological polar surface area (TPSA) is 78.4 Å². The zero-order valence-corrected chi connectivity index (χ0v) is 9.88. The van der Waals surface area contributed by atoms with E-state index >= 15 is 0 Å². The van der Waals surface area contributed by atoms with Crippen molar-refractivity contribution in [2.45, 2.75) is 39.2 Å². The monoisotopic (exact) mass is 228 g/mol. The second-order valence-corrected chi connectivity index (χ2v) is 4.75. The summed E-state index contributed by atoms with van der Waals surface area (Å²) in [4.78, 5) is 22.4. The zero-order chi connectivity index (χ0) is 12.2. The van der Waals surface area contributed by atoms with Crippen LogP contribution in [0.1, 0.15) is 33.1 Å². The van der Waals surface area contributed by atoms with E-state index in [0.717, 1.165) is 6.42 Å². The molecule has 1 fully saturated rings. The van der Waals surface area contributed by atoms with Gasteiger partial charge in [-0.05, 0) is 12.8 Å². The van der Waals surface area contributed by atoms with Crippen LogP contribution in [0.15, 0.2) is 0 Å². The van der Waals surface area contributed by atoms with Gasteiger partial charge in [-0.2, -0.15) is 0 Å². The van der Waals surface area contributed by atoms with Crippen LogP contribution in [0.4, 0.5) is 0 Å². The summed E-state index contributed by atoms with van der Waals surface area (Å²) in [5.41, 5.74) is -0.701. The molecule has 1 saturated carbocycles. The van der Waals surface area contributed by atoms with Crippen molar-refractivity contribution in [3.05, 3.63) is 0 Å². The predicted octanol–water partition coefficient (Wildman–Crippen LogP) is 0.355. The fourth-order valence-electron chi connectivity index (χ4n) is 1.70. The number of carboxylic acid groups (broad SMARTS) is 1. The van der Waals surface area contributed by atoms with Gasteiger partial charge in [0.2, 0.25) is 5.91 Å². The molecule has 5 heteroatoms. The Hall–Kier alpha value is -1.10. The molecule has 1 aliphatic rings. The summed E-state index contributed by atoms with van der Waals surface area (Å²) in [6.07, 6.45) is 2.27. The number of amides is 1. The lowest BCUT2D eigenvalue weighted by Crippen LogP contribution is -2.49. The number of hydrogen-bond acceptors (Lipinski definition) is 3. The molecule has 0 aliphatic heterocycles. The van der Waals surface area contributed by atoms with Crippen LogP contribution in [0.25, 0.3) is 0 Å². The van der Waals surface area contributed by atoms with Gasteiger partial charge >= 0.3 is 5.97 Å². The highest BCUT2D eigenvalue weighted by molar-refractivity contribution is 5.80. The molecule has 0 aromatic carbocycles. The molecule has 0 aromatic heterocycles. The third-order valence-electron chi connectivity index (χ3n) is 3.06. The van der Waals surface area contributed by atoms with Crippen molar-refractivity contribution in [3.8, 4) is 0 Å². The van der Waals surface area contributed by atoms with Gasteiger partial charge in [0.25, 0.3) is 0 Å². The minimum absolute atomic E-state index is 0.138. The summed E-state index contributed by atoms with van der Waals surface area (Å²) in [6.45, 7) is 4.41. The first-order valence-electron chi connectivity index (χ1n) is 5.70. The SMILES string of the molecule is CC(C)NCC(=O)NCC1(C(=O)O)CCC1. The molecule has 0 spiro atoms. The molecular weight excluding hydrogens is 208 g/mol. The Bertz CT molecular complexity index is 272. The maximum absolute atomic E-state index is 11.4. The van der Waals surface area contributed by atoms with Crippen LogP contribution in [0, 0.1) is 5.41 Å². The largest absolute Gasteiger partial charge is 0.481 e. The van der Waals surface area contributed by atoms with Gasteiger partial charge in [0.15, 0.2) is 0 Å². The molecule has 16 heavy (non-hydrogen) atoms. The van der Waals surface area contributed by atoms with Crippen molar-refractivity contribution in [1.29, 1.82) is 0 Å². The minimum Gasteiger partial charge on any atom is -0.481 e. The lowest BCUT2D eigenvalue weighted by Gasteiger charge is -2.37. The number of carbonyl (C=O) groups is 2. The van der Waals surface area contributed by atoms with Gasteiger partial charge in [0, 0.05) is 12.6 Å². The smallest absolute Gasteiger partial charge is 0.311 e. The Morgan fingerprint density at radius 1 is 1.38 bits per heavy atom. The highest BCUT2D eigenvalue weighted by Crippen LogP contribution is 2.40. The average molecular weight is 228 g/mol. The average Bonchev–Trinajstić information content (AvgIpc) is 2.12. The number of carbonyl (C=O) groups excluding carboxylic acids is 1. The molecule has 0 unspecified atom stereocenters. The Kier molecular flexibility index (Phi) is 4.29. The van der Waals surface area contributed by atoms with Crippen molar-refractivity contribution in [3.63, 3.8) is 0 Å². The van der Waals surface area contributed by atoms with Crippen LogP contribution in [0.2, 0.25) is 0 Å². The van der Waals surface area contributed by atoms with Gasteiger partial charge in [0.05, 0.1) is 12.0 Å². The Morgan fingerprint density at radius 2 is 2.00 bits per heavy atom. The van der Waals surface area contributed by atoms with Gasteiger partial charge in [0.1, 0.15) is 0 Å². The van der Waals surface area contributed by atoms with E-state index in [4.69, 9.17) is 5.11 Å². The fraction of sp³-hybridized carbons (Fsp3) is 0.818. The van der Waals surface area contributed by atoms with E-state index in [1.807, 2.05) is 13.8 Å². The lowest BCUT2D eigenvalue weighted by atomic mass is 9.69. The normalized spacial score (nSPS) is 17.9. The second-order valence-electron chi connectivity index (χ2n) is 4.75. The molecule has 0 bridgehead atoms. The zero-order valence-electron chi connectivity index (χ0n) is 9.88. The molecule has 0 heterocycles. The number of aliphatic carboxylic acids is 1. The van der Waals surface area contributed by atoms with E-state index in [1.54, 1.807) is 0 Å². The van der Waals surface area contributed by atoms with Gasteiger partial charge in [-0.15, -0.1) is 0 Å². The number of nitrogens with one attached hydrogen (secondary N) is 2. The maximum Gasteiger partial charge on any atom is 0.311 e. The molecule has 0 aromatic rings. The molecule has 5 nitrogen and oxygen atoms in total. The first-order chi connectivity index (χ1) is 7.46. The lowest BCUT2D eigenvalue weighted by molar-refractivity contribution is -0.154. The molecule has 0 atom stereocenters. The number of carboxylic acids is 1. The van der Waals surface area contributed by atoms with Crippen molar-refractivity contribution >= 4 is 11.9 Å². The van der Waals surface area contributed by atoms with Crippen LogP contribution in [0.5, 0.6) is 0 Å². The van der Waals surface area contributed by atoms with E-state index in [0.29, 0.717) is 12.8 Å². The van der Waals surface area contributed by atoms with Crippen LogP contribution in [-0.2, 0) is 9.59 Å². The summed E-state index contributed by atoms with van der Waals surface area (Å²) in [5, 5.41) is 14.7. The first kappa shape index (κ1) is 13.0. The van der Waals surface area contributed by atoms with Gasteiger partial charge in [-0.1, -0.05) is 20.3 Å². The van der Waals surface area contributed by atoms with E-state index in [-0.39, 0.29) is 25.0 Å². The third kappa shape index (κ3) is 3.20. The Balaban J connectivity index is 2.28. The van der Waals surface area contributed by atoms with Crippen LogP contribution < -0.4 is 10.6 Å². The summed E-state index contributed by atoms with van der Waals surface area (Å²) in [5.74, 6) is -0.933. The Labute approximate surface area is 95.6 Å². The van der Waals surface area contributed by atoms with E-state index in [9.17, 15) is 9.59 Å². The molecule has 3 N–H and O–H groups in total. The Morgan fingerprint density at radius 3 is 2.38 bits per heavy atom. The highest BCUT2D eigenvalue weighted by Gasteiger charge is 2.44. The van der Waals surface area contributed by atoms with E-state index in [1.165, 1.54) is 0 Å². The summed E-state index contributed by atoms with van der Waals surface area (Å²) in [6, 6.07) is 0.253. The molecule has 1 aliphatic carbocycles. The predicted molar refractivity (Wildman–Crippen MR) is 60.1 cm³/mol. The van der Waals surface area contributed by atoms with Crippen LogP contribution in [0.3, 0.4) is 0 Å². The van der Waals surface area contributed by atoms with Crippen molar-refractivity contribution in [1.82, 2.24) is 10.6 Å². The number of hydrogen-bond donors (Lipinski definition) is 3. The maximum atomic E-state index is 11.4. The standard InChI is InChI=1S/C11H20N2O3/c1-8(2)12-6-9(14)13-7-11(10(15)16)4-3-5-11/h8,12H,3-7H2,1-2H3,(H,13,14)(H,15,16). The summed E-state index contributed by atoms with van der Waals surface area (Å²) in [7, 11) is 0. The second kappa shape index (κ2) is 5.30. The van der Waals surface area contributed by atoms with Crippen LogP contribution in [-0.4, -0.2) is 36.1 Å². The molecule has 92 valence electrons. The molecule has 1 rings (SSSR count). The van der Waals surface area contributed by atoms with E-state index < -0.39 is 11.4 Å². The molecule has 0 radical (unpaired) electrons. The van der Waals surface area contributed by atoms with Gasteiger partial charge < -0.3 is 15.7 Å². The summed E-state index contributed by atoms with van der Waals surface area (Å²) < 4.78 is 0. The van der Waals surface area contributed by atoms with Crippen LogP contribution >= 0.6 is 0 Å². The van der Waals surface area contributed by atoms with Crippen molar-refractivity contribution in [2.24, 2.45) is 5.41 Å². The highest BCUT2D eigenvalue weighted by atomic mass is 16.4. The molecule has 0 saturated heterocycles. The number of rotatable bonds is 6. The fourth-order valence-corrected chi connectivity index (χ4v) is 1.70. The minimum atomic E-state index is -0.795. The van der Waals surface area contributed by atoms with Gasteiger partial charge in [-0.25, -0.2) is 0 Å². The summed E-state index contributed by atoms with van der Waals surface area (Å²) >= 11 is 0. The first-order valence-corrected chi connectivity index (χ1v) is 5.70. The van der Waals surface area contributed by atoms with Crippen molar-refractivity contribution < 1.29 is 14.7 Å². The van der Waals surface area contributed by atoms with Gasteiger partial charge in [-0.3, -0.25) is 9.59 Å². The quantitative estimate of drug-likeness (QED) is 0.613.